The summed E-state index contributed by atoms with van der Waals surface area (Å²) in [7, 11) is 1.57. The van der Waals surface area contributed by atoms with E-state index in [0.29, 0.717) is 13.2 Å². The topological polar surface area (TPSA) is 71.0 Å². The van der Waals surface area contributed by atoms with Crippen molar-refractivity contribution in [2.24, 2.45) is 0 Å². The van der Waals surface area contributed by atoms with E-state index >= 15 is 0 Å². The second kappa shape index (κ2) is 8.92. The predicted molar refractivity (Wildman–Crippen MR) is 78.2 cm³/mol. The highest BCUT2D eigenvalue weighted by atomic mass is 16.5. The number of rotatable bonds is 9. The summed E-state index contributed by atoms with van der Waals surface area (Å²) in [4.78, 5) is 0. The Balaban J connectivity index is 2.33. The van der Waals surface area contributed by atoms with Crippen molar-refractivity contribution < 1.29 is 19.7 Å². The number of hydrogen-bond acceptors (Lipinski definition) is 5. The summed E-state index contributed by atoms with van der Waals surface area (Å²) < 4.78 is 10.5. The Kier molecular flexibility index (Phi) is 7.54. The molecule has 114 valence electrons. The van der Waals surface area contributed by atoms with Crippen molar-refractivity contribution >= 4 is 0 Å². The number of ether oxygens (including phenoxy) is 2. The Bertz CT molecular complexity index is 397. The zero-order valence-electron chi connectivity index (χ0n) is 12.4. The lowest BCUT2D eigenvalue weighted by molar-refractivity contribution is 0.0852. The molecule has 0 aromatic heterocycles. The summed E-state index contributed by atoms with van der Waals surface area (Å²) in [5, 5.41) is 22.0. The molecular formula is C15H25NO4. The van der Waals surface area contributed by atoms with Crippen LogP contribution in [0.15, 0.2) is 18.2 Å². The summed E-state index contributed by atoms with van der Waals surface area (Å²) in [6, 6.07) is 5.76. The van der Waals surface area contributed by atoms with E-state index in [1.807, 2.05) is 32.0 Å². The van der Waals surface area contributed by atoms with Crippen LogP contribution < -0.4 is 10.1 Å². The molecule has 0 amide bonds. The molecule has 0 aliphatic heterocycles. The van der Waals surface area contributed by atoms with Gasteiger partial charge in [-0.2, -0.15) is 0 Å². The van der Waals surface area contributed by atoms with Crippen LogP contribution in [-0.4, -0.2) is 55.8 Å². The number of aliphatic hydroxyl groups excluding tert-OH is 2. The summed E-state index contributed by atoms with van der Waals surface area (Å²) in [6.07, 6.45) is -0.637. The van der Waals surface area contributed by atoms with Crippen LogP contribution in [0.4, 0.5) is 0 Å². The van der Waals surface area contributed by atoms with E-state index in [4.69, 9.17) is 14.6 Å². The van der Waals surface area contributed by atoms with Gasteiger partial charge in [-0.1, -0.05) is 17.7 Å². The molecule has 3 N–H and O–H groups in total. The summed E-state index contributed by atoms with van der Waals surface area (Å²) in [5.41, 5.74) is 2.24. The smallest absolute Gasteiger partial charge is 0.122 e. The molecule has 0 radical (unpaired) electrons. The molecule has 0 saturated carbocycles. The number of aliphatic hydroxyl groups is 2. The number of aryl methyl sites for hydroxylation is 2. The van der Waals surface area contributed by atoms with Crippen molar-refractivity contribution in [1.29, 1.82) is 0 Å². The fourth-order valence-corrected chi connectivity index (χ4v) is 1.89. The number of benzene rings is 1. The third kappa shape index (κ3) is 5.88. The minimum Gasteiger partial charge on any atom is -0.491 e. The molecule has 5 heteroatoms. The van der Waals surface area contributed by atoms with Gasteiger partial charge < -0.3 is 25.0 Å². The van der Waals surface area contributed by atoms with Gasteiger partial charge in [-0.3, -0.25) is 0 Å². The van der Waals surface area contributed by atoms with Crippen LogP contribution in [0.25, 0.3) is 0 Å². The quantitative estimate of drug-likeness (QED) is 0.620. The van der Waals surface area contributed by atoms with Gasteiger partial charge in [-0.25, -0.2) is 0 Å². The zero-order chi connectivity index (χ0) is 15.0. The minimum absolute atomic E-state index is 0.0293. The van der Waals surface area contributed by atoms with Crippen LogP contribution in [0, 0.1) is 13.8 Å². The van der Waals surface area contributed by atoms with Gasteiger partial charge in [0, 0.05) is 13.7 Å². The van der Waals surface area contributed by atoms with Crippen LogP contribution in [0.1, 0.15) is 11.1 Å². The molecule has 1 aromatic rings. The number of methoxy groups -OCH3 is 1. The van der Waals surface area contributed by atoms with E-state index in [1.165, 1.54) is 5.56 Å². The van der Waals surface area contributed by atoms with Gasteiger partial charge in [0.15, 0.2) is 0 Å². The maximum Gasteiger partial charge on any atom is 0.122 e. The molecule has 5 nitrogen and oxygen atoms in total. The Morgan fingerprint density at radius 3 is 2.60 bits per heavy atom. The van der Waals surface area contributed by atoms with Crippen molar-refractivity contribution in [2.45, 2.75) is 26.0 Å². The third-order valence-corrected chi connectivity index (χ3v) is 2.99. The van der Waals surface area contributed by atoms with E-state index < -0.39 is 6.10 Å². The lowest BCUT2D eigenvalue weighted by Gasteiger charge is -2.19. The molecule has 2 atom stereocenters. The molecule has 0 saturated heterocycles. The van der Waals surface area contributed by atoms with Gasteiger partial charge >= 0.3 is 0 Å². The molecule has 0 aliphatic rings. The predicted octanol–water partition coefficient (Wildman–Crippen LogP) is 0.640. The lowest BCUT2D eigenvalue weighted by atomic mass is 10.1. The number of nitrogens with one attached hydrogen (secondary N) is 1. The largest absolute Gasteiger partial charge is 0.491 e. The molecule has 0 fully saturated rings. The molecule has 20 heavy (non-hydrogen) atoms. The fraction of sp³-hybridized carbons (Fsp3) is 0.600. The van der Waals surface area contributed by atoms with Gasteiger partial charge in [-0.05, 0) is 25.5 Å². The zero-order valence-corrected chi connectivity index (χ0v) is 12.4. The van der Waals surface area contributed by atoms with Gasteiger partial charge in [0.05, 0.1) is 19.3 Å². The van der Waals surface area contributed by atoms with Crippen molar-refractivity contribution in [1.82, 2.24) is 5.32 Å². The highest BCUT2D eigenvalue weighted by Crippen LogP contribution is 2.18. The van der Waals surface area contributed by atoms with E-state index in [0.717, 1.165) is 11.3 Å². The first kappa shape index (κ1) is 16.9. The minimum atomic E-state index is -0.637. The first-order valence-corrected chi connectivity index (χ1v) is 6.78. The van der Waals surface area contributed by atoms with Crippen LogP contribution in [0.2, 0.25) is 0 Å². The summed E-state index contributed by atoms with van der Waals surface area (Å²) in [6.45, 7) is 4.94. The average Bonchev–Trinajstić information content (AvgIpc) is 2.42. The standard InChI is InChI=1S/C15H25NO4/c1-11-4-5-15(12(2)6-11)20-10-14(18)7-16-13(8-17)9-19-3/h4-6,13-14,16-18H,7-10H2,1-3H3. The highest BCUT2D eigenvalue weighted by Gasteiger charge is 2.11. The maximum atomic E-state index is 9.86. The second-order valence-corrected chi connectivity index (χ2v) is 4.98. The van der Waals surface area contributed by atoms with Gasteiger partial charge in [0.2, 0.25) is 0 Å². The van der Waals surface area contributed by atoms with E-state index in [1.54, 1.807) is 7.11 Å². The lowest BCUT2D eigenvalue weighted by Crippen LogP contribution is -2.42. The SMILES string of the molecule is COCC(CO)NCC(O)COc1ccc(C)cc1C. The van der Waals surface area contributed by atoms with Crippen molar-refractivity contribution in [2.75, 3.05) is 33.5 Å². The van der Waals surface area contributed by atoms with Crippen LogP contribution in [-0.2, 0) is 4.74 Å². The van der Waals surface area contributed by atoms with E-state index in [2.05, 4.69) is 5.32 Å². The average molecular weight is 283 g/mol. The summed E-state index contributed by atoms with van der Waals surface area (Å²) >= 11 is 0. The Hall–Kier alpha value is -1.14. The molecule has 1 aromatic carbocycles. The molecule has 0 heterocycles. The molecule has 0 bridgehead atoms. The van der Waals surface area contributed by atoms with Crippen LogP contribution >= 0.6 is 0 Å². The number of hydrogen-bond donors (Lipinski definition) is 3. The molecule has 0 spiro atoms. The third-order valence-electron chi connectivity index (χ3n) is 2.99. The maximum absolute atomic E-state index is 9.86. The Morgan fingerprint density at radius 2 is 2.00 bits per heavy atom. The van der Waals surface area contributed by atoms with Crippen molar-refractivity contribution in [3.05, 3.63) is 29.3 Å². The van der Waals surface area contributed by atoms with E-state index in [9.17, 15) is 5.11 Å². The second-order valence-electron chi connectivity index (χ2n) is 4.98. The Morgan fingerprint density at radius 1 is 1.25 bits per heavy atom. The monoisotopic (exact) mass is 283 g/mol. The highest BCUT2D eigenvalue weighted by molar-refractivity contribution is 5.35. The fourth-order valence-electron chi connectivity index (χ4n) is 1.89. The van der Waals surface area contributed by atoms with Gasteiger partial charge in [0.1, 0.15) is 18.5 Å². The van der Waals surface area contributed by atoms with Crippen LogP contribution in [0.5, 0.6) is 5.75 Å². The normalized spacial score (nSPS) is 14.1. The Labute approximate surface area is 120 Å². The molecule has 2 unspecified atom stereocenters. The molecular weight excluding hydrogens is 258 g/mol. The van der Waals surface area contributed by atoms with Gasteiger partial charge in [-0.15, -0.1) is 0 Å². The first-order valence-electron chi connectivity index (χ1n) is 6.78. The van der Waals surface area contributed by atoms with Crippen LogP contribution in [0.3, 0.4) is 0 Å². The summed E-state index contributed by atoms with van der Waals surface area (Å²) in [5.74, 6) is 0.783. The molecule has 1 rings (SSSR count). The van der Waals surface area contributed by atoms with Gasteiger partial charge in [0.25, 0.3) is 0 Å². The van der Waals surface area contributed by atoms with Crippen molar-refractivity contribution in [3.63, 3.8) is 0 Å². The molecule has 0 aliphatic carbocycles. The van der Waals surface area contributed by atoms with E-state index in [-0.39, 0.29) is 19.3 Å². The first-order chi connectivity index (χ1) is 9.56. The van der Waals surface area contributed by atoms with Crippen molar-refractivity contribution in [3.8, 4) is 5.75 Å².